The van der Waals surface area contributed by atoms with Gasteiger partial charge in [0.25, 0.3) is 0 Å². The molecule has 1 aromatic rings. The zero-order valence-electron chi connectivity index (χ0n) is 11.1. The third-order valence-electron chi connectivity index (χ3n) is 3.54. The van der Waals surface area contributed by atoms with Crippen LogP contribution in [0.4, 0.5) is 5.69 Å². The lowest BCUT2D eigenvalue weighted by Gasteiger charge is -2.43. The molecule has 1 heterocycles. The summed E-state index contributed by atoms with van der Waals surface area (Å²) in [6.45, 7) is 8.67. The van der Waals surface area contributed by atoms with Gasteiger partial charge in [0.15, 0.2) is 0 Å². The van der Waals surface area contributed by atoms with Crippen LogP contribution in [0.5, 0.6) is 0 Å². The second-order valence-electron chi connectivity index (χ2n) is 5.37. The lowest BCUT2D eigenvalue weighted by Crippen LogP contribution is -2.57. The monoisotopic (exact) mass is 286 g/mol. The van der Waals surface area contributed by atoms with Crippen LogP contribution < -0.4 is 10.2 Å². The number of nitrogens with zero attached hydrogens (tertiary/aromatic N) is 1. The first-order chi connectivity index (χ1) is 8.49. The molecule has 0 aromatic heterocycles. The third kappa shape index (κ3) is 2.93. The molecule has 100 valence electrons. The molecule has 0 aliphatic carbocycles. The zero-order valence-corrected chi connectivity index (χ0v) is 12.6. The van der Waals surface area contributed by atoms with Crippen molar-refractivity contribution < 1.29 is 0 Å². The Balaban J connectivity index is 2.32. The topological polar surface area (TPSA) is 15.3 Å². The van der Waals surface area contributed by atoms with Gasteiger partial charge in [-0.3, -0.25) is 0 Å². The average Bonchev–Trinajstić information content (AvgIpc) is 2.28. The Morgan fingerprint density at radius 2 is 2.06 bits per heavy atom. The van der Waals surface area contributed by atoms with Gasteiger partial charge in [-0.25, -0.2) is 0 Å². The smallest absolute Gasteiger partial charge is 0.0654 e. The van der Waals surface area contributed by atoms with Crippen molar-refractivity contribution in [2.45, 2.75) is 32.9 Å². The number of hydrogen-bond donors (Lipinski definition) is 1. The predicted molar refractivity (Wildman–Crippen MR) is 79.9 cm³/mol. The van der Waals surface area contributed by atoms with E-state index in [0.29, 0.717) is 23.0 Å². The fraction of sp³-hybridized carbons (Fsp3) is 0.571. The highest BCUT2D eigenvalue weighted by molar-refractivity contribution is 6.36. The van der Waals surface area contributed by atoms with Crippen LogP contribution in [0.1, 0.15) is 20.8 Å². The van der Waals surface area contributed by atoms with Gasteiger partial charge < -0.3 is 10.2 Å². The molecule has 2 atom stereocenters. The highest BCUT2D eigenvalue weighted by atomic mass is 35.5. The first kappa shape index (κ1) is 14.0. The van der Waals surface area contributed by atoms with E-state index in [1.165, 1.54) is 0 Å². The molecule has 0 radical (unpaired) electrons. The standard InChI is InChI=1S/C14H20Cl2N2/c1-9(2)14-7-17-10(3)8-18(14)13-5-4-11(15)6-12(13)16/h4-6,9-10,14,17H,7-8H2,1-3H3. The maximum atomic E-state index is 6.33. The Bertz CT molecular complexity index is 420. The average molecular weight is 287 g/mol. The van der Waals surface area contributed by atoms with Crippen molar-refractivity contribution in [1.82, 2.24) is 5.32 Å². The van der Waals surface area contributed by atoms with Crippen LogP contribution in [-0.4, -0.2) is 25.2 Å². The molecule has 2 nitrogen and oxygen atoms in total. The van der Waals surface area contributed by atoms with Crippen molar-refractivity contribution in [3.05, 3.63) is 28.2 Å². The Hall–Kier alpha value is -0.440. The highest BCUT2D eigenvalue weighted by Crippen LogP contribution is 2.32. The van der Waals surface area contributed by atoms with Crippen molar-refractivity contribution in [3.8, 4) is 0 Å². The van der Waals surface area contributed by atoms with Crippen molar-refractivity contribution in [3.63, 3.8) is 0 Å². The normalized spacial score (nSPS) is 24.7. The van der Waals surface area contributed by atoms with Gasteiger partial charge in [0.05, 0.1) is 10.7 Å². The molecule has 0 spiro atoms. The molecular formula is C14H20Cl2N2. The van der Waals surface area contributed by atoms with Gasteiger partial charge in [0.1, 0.15) is 0 Å². The minimum atomic E-state index is 0.472. The predicted octanol–water partition coefficient (Wildman–Crippen LogP) is 3.82. The molecule has 0 saturated carbocycles. The van der Waals surface area contributed by atoms with E-state index in [2.05, 4.69) is 31.0 Å². The molecule has 2 rings (SSSR count). The number of benzene rings is 1. The molecule has 1 saturated heterocycles. The molecule has 2 unspecified atom stereocenters. The van der Waals surface area contributed by atoms with E-state index in [1.807, 2.05) is 18.2 Å². The van der Waals surface area contributed by atoms with E-state index in [0.717, 1.165) is 23.8 Å². The first-order valence-corrected chi connectivity index (χ1v) is 7.19. The summed E-state index contributed by atoms with van der Waals surface area (Å²) >= 11 is 12.3. The Kier molecular flexibility index (Phi) is 4.41. The number of halogens is 2. The van der Waals surface area contributed by atoms with Gasteiger partial charge in [-0.05, 0) is 31.0 Å². The number of hydrogen-bond acceptors (Lipinski definition) is 2. The summed E-state index contributed by atoms with van der Waals surface area (Å²) < 4.78 is 0. The van der Waals surface area contributed by atoms with Gasteiger partial charge in [-0.1, -0.05) is 37.0 Å². The third-order valence-corrected chi connectivity index (χ3v) is 4.07. The van der Waals surface area contributed by atoms with Gasteiger partial charge >= 0.3 is 0 Å². The van der Waals surface area contributed by atoms with Crippen LogP contribution >= 0.6 is 23.2 Å². The van der Waals surface area contributed by atoms with Crippen molar-refractivity contribution in [2.75, 3.05) is 18.0 Å². The van der Waals surface area contributed by atoms with E-state index in [9.17, 15) is 0 Å². The maximum Gasteiger partial charge on any atom is 0.0654 e. The summed E-state index contributed by atoms with van der Waals surface area (Å²) in [6, 6.07) is 6.71. The molecule has 1 aliphatic heterocycles. The van der Waals surface area contributed by atoms with Gasteiger partial charge in [0.2, 0.25) is 0 Å². The molecule has 1 fully saturated rings. The number of piperazine rings is 1. The van der Waals surface area contributed by atoms with Crippen molar-refractivity contribution in [1.29, 1.82) is 0 Å². The zero-order chi connectivity index (χ0) is 13.3. The summed E-state index contributed by atoms with van der Waals surface area (Å²) in [7, 11) is 0. The van der Waals surface area contributed by atoms with E-state index >= 15 is 0 Å². The van der Waals surface area contributed by atoms with Crippen molar-refractivity contribution >= 4 is 28.9 Å². The first-order valence-electron chi connectivity index (χ1n) is 6.44. The lowest BCUT2D eigenvalue weighted by atomic mass is 9.98. The minimum absolute atomic E-state index is 0.472. The summed E-state index contributed by atoms with van der Waals surface area (Å²) in [5.41, 5.74) is 1.09. The Morgan fingerprint density at radius 3 is 2.67 bits per heavy atom. The van der Waals surface area contributed by atoms with Crippen LogP contribution in [-0.2, 0) is 0 Å². The molecule has 18 heavy (non-hydrogen) atoms. The lowest BCUT2D eigenvalue weighted by molar-refractivity contribution is 0.349. The number of nitrogens with one attached hydrogen (secondary N) is 1. The van der Waals surface area contributed by atoms with Gasteiger partial charge in [-0.15, -0.1) is 0 Å². The number of rotatable bonds is 2. The molecule has 0 amide bonds. The molecule has 1 N–H and O–H groups in total. The van der Waals surface area contributed by atoms with E-state index in [1.54, 1.807) is 0 Å². The molecule has 1 aromatic carbocycles. The molecular weight excluding hydrogens is 267 g/mol. The molecule has 0 bridgehead atoms. The van der Waals surface area contributed by atoms with Crippen LogP contribution in [0.25, 0.3) is 0 Å². The second kappa shape index (κ2) is 5.68. The van der Waals surface area contributed by atoms with E-state index in [-0.39, 0.29) is 0 Å². The minimum Gasteiger partial charge on any atom is -0.364 e. The van der Waals surface area contributed by atoms with Gasteiger partial charge in [0, 0.05) is 30.2 Å². The largest absolute Gasteiger partial charge is 0.364 e. The fourth-order valence-corrected chi connectivity index (χ4v) is 3.03. The summed E-state index contributed by atoms with van der Waals surface area (Å²) in [5, 5.41) is 4.96. The van der Waals surface area contributed by atoms with Crippen molar-refractivity contribution in [2.24, 2.45) is 5.92 Å². The van der Waals surface area contributed by atoms with Crippen LogP contribution in [0, 0.1) is 5.92 Å². The van der Waals surface area contributed by atoms with Gasteiger partial charge in [-0.2, -0.15) is 0 Å². The second-order valence-corrected chi connectivity index (χ2v) is 6.21. The van der Waals surface area contributed by atoms with E-state index < -0.39 is 0 Å². The number of anilines is 1. The highest BCUT2D eigenvalue weighted by Gasteiger charge is 2.29. The quantitative estimate of drug-likeness (QED) is 0.889. The summed E-state index contributed by atoms with van der Waals surface area (Å²) in [4.78, 5) is 2.41. The Morgan fingerprint density at radius 1 is 1.33 bits per heavy atom. The van der Waals surface area contributed by atoms with Crippen LogP contribution in [0.15, 0.2) is 18.2 Å². The molecule has 4 heteroatoms. The Labute approximate surface area is 119 Å². The van der Waals surface area contributed by atoms with Crippen LogP contribution in [0.3, 0.4) is 0 Å². The maximum absolute atomic E-state index is 6.33. The summed E-state index contributed by atoms with van der Waals surface area (Å²) in [5.74, 6) is 0.580. The van der Waals surface area contributed by atoms with Crippen LogP contribution in [0.2, 0.25) is 10.0 Å². The molecule has 1 aliphatic rings. The fourth-order valence-electron chi connectivity index (χ4n) is 2.51. The SMILES string of the molecule is CC1CN(c2ccc(Cl)cc2Cl)C(C(C)C)CN1. The summed E-state index contributed by atoms with van der Waals surface area (Å²) in [6.07, 6.45) is 0. The van der Waals surface area contributed by atoms with E-state index in [4.69, 9.17) is 23.2 Å².